The molecule has 0 aromatic carbocycles. The van der Waals surface area contributed by atoms with Gasteiger partial charge in [0.2, 0.25) is 0 Å². The number of carbonyl (C=O) groups is 1. The average Bonchev–Trinajstić information content (AvgIpc) is 2.59. The quantitative estimate of drug-likeness (QED) is 0.587. The number of hydrogen-bond acceptors (Lipinski definition) is 4. The highest BCUT2D eigenvalue weighted by Gasteiger charge is 2.38. The van der Waals surface area contributed by atoms with Gasteiger partial charge in [-0.1, -0.05) is 12.8 Å². The fourth-order valence-electron chi connectivity index (χ4n) is 1.84. The van der Waals surface area contributed by atoms with Crippen molar-refractivity contribution in [2.45, 2.75) is 57.6 Å². The van der Waals surface area contributed by atoms with Gasteiger partial charge in [0.25, 0.3) is 0 Å². The maximum atomic E-state index is 11.7. The van der Waals surface area contributed by atoms with E-state index in [0.717, 1.165) is 25.7 Å². The summed E-state index contributed by atoms with van der Waals surface area (Å²) in [6.45, 7) is 6.61. The Hall–Kier alpha value is -0.610. The Bertz CT molecular complexity index is 239. The Morgan fingerprint density at radius 1 is 1.25 bits per heavy atom. The highest BCUT2D eigenvalue weighted by molar-refractivity contribution is 5.80. The molecule has 2 N–H and O–H groups in total. The fraction of sp³-hybridized carbons (Fsp3) is 0.917. The second-order valence-electron chi connectivity index (χ2n) is 5.46. The normalized spacial score (nSPS) is 19.8. The third-order valence-corrected chi connectivity index (χ3v) is 2.75. The van der Waals surface area contributed by atoms with Crippen LogP contribution in [0.25, 0.3) is 0 Å². The van der Waals surface area contributed by atoms with E-state index in [1.807, 2.05) is 20.8 Å². The van der Waals surface area contributed by atoms with Crippen LogP contribution in [0.5, 0.6) is 0 Å². The first-order chi connectivity index (χ1) is 7.33. The van der Waals surface area contributed by atoms with Crippen LogP contribution in [0.2, 0.25) is 0 Å². The Morgan fingerprint density at radius 2 is 1.81 bits per heavy atom. The van der Waals surface area contributed by atoms with E-state index in [1.165, 1.54) is 0 Å². The van der Waals surface area contributed by atoms with Crippen molar-refractivity contribution < 1.29 is 14.3 Å². The molecule has 1 aliphatic rings. The van der Waals surface area contributed by atoms with Gasteiger partial charge in [0, 0.05) is 0 Å². The van der Waals surface area contributed by atoms with Gasteiger partial charge in [0.05, 0.1) is 12.2 Å². The van der Waals surface area contributed by atoms with E-state index >= 15 is 0 Å². The molecule has 0 aromatic rings. The molecule has 0 heterocycles. The lowest BCUT2D eigenvalue weighted by Crippen LogP contribution is -2.46. The highest BCUT2D eigenvalue weighted by Crippen LogP contribution is 2.28. The van der Waals surface area contributed by atoms with Crippen LogP contribution in [-0.4, -0.2) is 30.3 Å². The molecule has 1 aliphatic carbocycles. The Balaban J connectivity index is 2.20. The smallest absolute Gasteiger partial charge is 0.326 e. The average molecular weight is 229 g/mol. The molecular weight excluding hydrogens is 206 g/mol. The summed E-state index contributed by atoms with van der Waals surface area (Å²) in [6.07, 6.45) is 3.52. The van der Waals surface area contributed by atoms with E-state index in [-0.39, 0.29) is 18.2 Å². The largest absolute Gasteiger partial charge is 0.462 e. The van der Waals surface area contributed by atoms with E-state index in [0.29, 0.717) is 6.61 Å². The van der Waals surface area contributed by atoms with Crippen LogP contribution in [0.1, 0.15) is 46.5 Å². The maximum Gasteiger partial charge on any atom is 0.326 e. The van der Waals surface area contributed by atoms with Gasteiger partial charge >= 0.3 is 5.97 Å². The summed E-state index contributed by atoms with van der Waals surface area (Å²) in [4.78, 5) is 11.7. The van der Waals surface area contributed by atoms with Gasteiger partial charge in [-0.3, -0.25) is 4.79 Å². The molecule has 0 unspecified atom stereocenters. The van der Waals surface area contributed by atoms with E-state index < -0.39 is 5.54 Å². The Labute approximate surface area is 97.5 Å². The summed E-state index contributed by atoms with van der Waals surface area (Å²) in [6, 6.07) is 0. The van der Waals surface area contributed by atoms with Gasteiger partial charge < -0.3 is 15.2 Å². The molecule has 0 bridgehead atoms. The van der Waals surface area contributed by atoms with Crippen molar-refractivity contribution in [2.75, 3.05) is 13.2 Å². The summed E-state index contributed by atoms with van der Waals surface area (Å²) >= 11 is 0. The van der Waals surface area contributed by atoms with Crippen molar-refractivity contribution in [3.8, 4) is 0 Å². The summed E-state index contributed by atoms with van der Waals surface area (Å²) < 4.78 is 10.6. The monoisotopic (exact) mass is 229 g/mol. The van der Waals surface area contributed by atoms with Crippen molar-refractivity contribution in [3.05, 3.63) is 0 Å². The minimum absolute atomic E-state index is 0.194. The van der Waals surface area contributed by atoms with E-state index in [2.05, 4.69) is 0 Å². The van der Waals surface area contributed by atoms with Gasteiger partial charge in [-0.05, 0) is 33.6 Å². The molecule has 0 aliphatic heterocycles. The van der Waals surface area contributed by atoms with Crippen LogP contribution < -0.4 is 5.73 Å². The number of hydrogen-bond donors (Lipinski definition) is 1. The third-order valence-electron chi connectivity index (χ3n) is 2.75. The summed E-state index contributed by atoms with van der Waals surface area (Å²) in [5.74, 6) is -0.275. The van der Waals surface area contributed by atoms with Crippen molar-refractivity contribution in [3.63, 3.8) is 0 Å². The minimum Gasteiger partial charge on any atom is -0.462 e. The van der Waals surface area contributed by atoms with Crippen LogP contribution in [0.3, 0.4) is 0 Å². The molecule has 1 fully saturated rings. The van der Waals surface area contributed by atoms with E-state index in [9.17, 15) is 4.79 Å². The molecule has 16 heavy (non-hydrogen) atoms. The van der Waals surface area contributed by atoms with Gasteiger partial charge in [-0.25, -0.2) is 0 Å². The van der Waals surface area contributed by atoms with Gasteiger partial charge in [0.15, 0.2) is 0 Å². The Morgan fingerprint density at radius 3 is 2.31 bits per heavy atom. The van der Waals surface area contributed by atoms with Crippen LogP contribution in [0.15, 0.2) is 0 Å². The van der Waals surface area contributed by atoms with E-state index in [4.69, 9.17) is 15.2 Å². The zero-order valence-corrected chi connectivity index (χ0v) is 10.5. The fourth-order valence-corrected chi connectivity index (χ4v) is 1.84. The minimum atomic E-state index is -0.734. The number of carbonyl (C=O) groups excluding carboxylic acids is 1. The highest BCUT2D eigenvalue weighted by atomic mass is 16.6. The topological polar surface area (TPSA) is 61.5 Å². The second-order valence-corrected chi connectivity index (χ2v) is 5.46. The van der Waals surface area contributed by atoms with Crippen LogP contribution in [0, 0.1) is 0 Å². The lowest BCUT2D eigenvalue weighted by atomic mass is 10.00. The predicted octanol–water partition coefficient (Wildman–Crippen LogP) is 1.62. The summed E-state index contributed by atoms with van der Waals surface area (Å²) in [5.41, 5.74) is 5.03. The van der Waals surface area contributed by atoms with Crippen molar-refractivity contribution in [1.82, 2.24) is 0 Å². The zero-order valence-electron chi connectivity index (χ0n) is 10.5. The standard InChI is InChI=1S/C12H23NO3/c1-11(2,3)16-9-8-15-10(14)12(13)6-4-5-7-12/h4-9,13H2,1-3H3. The number of esters is 1. The van der Waals surface area contributed by atoms with Crippen LogP contribution in [0.4, 0.5) is 0 Å². The lowest BCUT2D eigenvalue weighted by molar-refractivity contribution is -0.153. The molecule has 0 aromatic heterocycles. The van der Waals surface area contributed by atoms with Crippen LogP contribution >= 0.6 is 0 Å². The van der Waals surface area contributed by atoms with E-state index in [1.54, 1.807) is 0 Å². The van der Waals surface area contributed by atoms with Crippen molar-refractivity contribution in [2.24, 2.45) is 5.73 Å². The molecule has 0 spiro atoms. The molecule has 0 amide bonds. The van der Waals surface area contributed by atoms with Crippen LogP contribution in [-0.2, 0) is 14.3 Å². The molecule has 0 radical (unpaired) electrons. The van der Waals surface area contributed by atoms with Crippen molar-refractivity contribution in [1.29, 1.82) is 0 Å². The number of nitrogens with two attached hydrogens (primary N) is 1. The van der Waals surface area contributed by atoms with Gasteiger partial charge in [-0.2, -0.15) is 0 Å². The molecule has 4 nitrogen and oxygen atoms in total. The lowest BCUT2D eigenvalue weighted by Gasteiger charge is -2.23. The Kier molecular flexibility index (Phi) is 4.33. The first-order valence-corrected chi connectivity index (χ1v) is 5.94. The molecule has 0 saturated heterocycles. The van der Waals surface area contributed by atoms with Gasteiger partial charge in [0.1, 0.15) is 12.1 Å². The van der Waals surface area contributed by atoms with Gasteiger partial charge in [-0.15, -0.1) is 0 Å². The molecule has 0 atom stereocenters. The first-order valence-electron chi connectivity index (χ1n) is 5.94. The third kappa shape index (κ3) is 4.10. The molecule has 4 heteroatoms. The van der Waals surface area contributed by atoms with Crippen molar-refractivity contribution >= 4 is 5.97 Å². The second kappa shape index (κ2) is 5.15. The summed E-state index contributed by atoms with van der Waals surface area (Å²) in [5, 5.41) is 0. The summed E-state index contributed by atoms with van der Waals surface area (Å²) in [7, 11) is 0. The molecular formula is C12H23NO3. The SMILES string of the molecule is CC(C)(C)OCCOC(=O)C1(N)CCCC1. The number of rotatable bonds is 4. The molecule has 1 saturated carbocycles. The molecule has 94 valence electrons. The zero-order chi connectivity index (χ0) is 12.2. The maximum absolute atomic E-state index is 11.7. The predicted molar refractivity (Wildman–Crippen MR) is 62.1 cm³/mol. The first kappa shape index (κ1) is 13.5. The number of ether oxygens (including phenoxy) is 2. The molecule has 1 rings (SSSR count).